The predicted molar refractivity (Wildman–Crippen MR) is 108 cm³/mol. The Hall–Kier alpha value is -2.63. The molecule has 0 radical (unpaired) electrons. The molecule has 0 unspecified atom stereocenters. The summed E-state index contributed by atoms with van der Waals surface area (Å²) in [6, 6.07) is 13.7. The normalized spacial score (nSPS) is 12.3. The third kappa shape index (κ3) is 4.76. The molecule has 0 aliphatic rings. The molecule has 3 rings (SSSR count). The van der Waals surface area contributed by atoms with Crippen LogP contribution in [0.1, 0.15) is 22.3 Å². The third-order valence-electron chi connectivity index (χ3n) is 4.76. The highest BCUT2D eigenvalue weighted by molar-refractivity contribution is 5.79. The highest BCUT2D eigenvalue weighted by Gasteiger charge is 2.09. The van der Waals surface area contributed by atoms with Gasteiger partial charge in [-0.3, -0.25) is 4.79 Å². The summed E-state index contributed by atoms with van der Waals surface area (Å²) in [5.74, 6) is 0.787. The summed E-state index contributed by atoms with van der Waals surface area (Å²) in [4.78, 5) is 15.1. The average Bonchev–Trinajstić information content (AvgIpc) is 2.63. The van der Waals surface area contributed by atoms with Gasteiger partial charge in [0.2, 0.25) is 0 Å². The Kier molecular flexibility index (Phi) is 5.94. The molecule has 27 heavy (non-hydrogen) atoms. The minimum atomic E-state index is -0.660. The number of rotatable bonds is 7. The van der Waals surface area contributed by atoms with Crippen molar-refractivity contribution in [2.45, 2.75) is 33.4 Å². The Labute approximate surface area is 159 Å². The molecule has 0 aliphatic carbocycles. The molecule has 0 spiro atoms. The van der Waals surface area contributed by atoms with Gasteiger partial charge < -0.3 is 20.1 Å². The quantitative estimate of drug-likeness (QED) is 0.601. The maximum atomic E-state index is 12.2. The Bertz CT molecular complexity index is 995. The monoisotopic (exact) mass is 366 g/mol. The summed E-state index contributed by atoms with van der Waals surface area (Å²) in [7, 11) is 0. The number of fused-ring (bicyclic) bond motifs is 1. The molecule has 3 N–H and O–H groups in total. The SMILES string of the molecule is Cc1ccc2[nH]c(=O)c(CNC[C@H](O)COc3cccc(C)c3C)cc2c1. The number of hydrogen-bond acceptors (Lipinski definition) is 4. The van der Waals surface area contributed by atoms with Gasteiger partial charge in [-0.2, -0.15) is 0 Å². The molecule has 0 saturated carbocycles. The molecule has 5 heteroatoms. The Balaban J connectivity index is 1.54. The van der Waals surface area contributed by atoms with Crippen LogP contribution in [0.4, 0.5) is 0 Å². The topological polar surface area (TPSA) is 74.4 Å². The third-order valence-corrected chi connectivity index (χ3v) is 4.76. The van der Waals surface area contributed by atoms with E-state index < -0.39 is 6.10 Å². The van der Waals surface area contributed by atoms with E-state index in [2.05, 4.69) is 10.3 Å². The molecule has 0 fully saturated rings. The number of H-pyrrole nitrogens is 1. The number of pyridine rings is 1. The minimum Gasteiger partial charge on any atom is -0.491 e. The molecule has 0 amide bonds. The van der Waals surface area contributed by atoms with Gasteiger partial charge in [0.15, 0.2) is 0 Å². The highest BCUT2D eigenvalue weighted by atomic mass is 16.5. The number of aliphatic hydroxyl groups is 1. The van der Waals surface area contributed by atoms with E-state index in [1.54, 1.807) is 0 Å². The summed E-state index contributed by atoms with van der Waals surface area (Å²) < 4.78 is 5.72. The van der Waals surface area contributed by atoms with E-state index in [1.165, 1.54) is 0 Å². The lowest BCUT2D eigenvalue weighted by atomic mass is 10.1. The summed E-state index contributed by atoms with van der Waals surface area (Å²) in [6.45, 7) is 6.99. The van der Waals surface area contributed by atoms with E-state index in [9.17, 15) is 9.90 Å². The van der Waals surface area contributed by atoms with Crippen LogP contribution in [0.15, 0.2) is 47.3 Å². The fourth-order valence-electron chi connectivity index (χ4n) is 3.00. The van der Waals surface area contributed by atoms with Crippen LogP contribution >= 0.6 is 0 Å². The van der Waals surface area contributed by atoms with Gasteiger partial charge in [0.25, 0.3) is 5.56 Å². The van der Waals surface area contributed by atoms with Crippen molar-refractivity contribution in [2.24, 2.45) is 0 Å². The lowest BCUT2D eigenvalue weighted by Gasteiger charge is -2.15. The van der Waals surface area contributed by atoms with Gasteiger partial charge in [-0.1, -0.05) is 23.8 Å². The summed E-state index contributed by atoms with van der Waals surface area (Å²) in [6.07, 6.45) is -0.660. The molecule has 2 aromatic carbocycles. The maximum absolute atomic E-state index is 12.2. The standard InChI is InChI=1S/C22H26N2O3/c1-14-7-8-20-17(9-14)10-18(22(26)24-20)11-23-12-19(25)13-27-21-6-4-5-15(2)16(21)3/h4-10,19,23,25H,11-13H2,1-3H3,(H,24,26)/t19-/m0/s1. The Morgan fingerprint density at radius 3 is 2.78 bits per heavy atom. The number of hydrogen-bond donors (Lipinski definition) is 3. The minimum absolute atomic E-state index is 0.111. The van der Waals surface area contributed by atoms with Crippen molar-refractivity contribution in [3.63, 3.8) is 0 Å². The second-order valence-corrected chi connectivity index (χ2v) is 7.01. The number of aryl methyl sites for hydroxylation is 2. The van der Waals surface area contributed by atoms with E-state index in [0.29, 0.717) is 18.7 Å². The van der Waals surface area contributed by atoms with Crippen LogP contribution in [0.3, 0.4) is 0 Å². The van der Waals surface area contributed by atoms with Crippen molar-refractivity contribution in [2.75, 3.05) is 13.2 Å². The number of aliphatic hydroxyl groups excluding tert-OH is 1. The molecule has 5 nitrogen and oxygen atoms in total. The number of ether oxygens (including phenoxy) is 1. The lowest BCUT2D eigenvalue weighted by molar-refractivity contribution is 0.106. The number of aromatic nitrogens is 1. The van der Waals surface area contributed by atoms with Crippen LogP contribution in [0.5, 0.6) is 5.75 Å². The first-order valence-corrected chi connectivity index (χ1v) is 9.14. The largest absolute Gasteiger partial charge is 0.491 e. The maximum Gasteiger partial charge on any atom is 0.252 e. The van der Waals surface area contributed by atoms with Crippen LogP contribution < -0.4 is 15.6 Å². The smallest absolute Gasteiger partial charge is 0.252 e. The predicted octanol–water partition coefficient (Wildman–Crippen LogP) is 2.98. The zero-order chi connectivity index (χ0) is 19.4. The molecular formula is C22H26N2O3. The van der Waals surface area contributed by atoms with Gasteiger partial charge in [0.1, 0.15) is 18.5 Å². The Morgan fingerprint density at radius 2 is 1.96 bits per heavy atom. The van der Waals surface area contributed by atoms with Crippen LogP contribution in [0.2, 0.25) is 0 Å². The molecule has 3 aromatic rings. The number of nitrogens with one attached hydrogen (secondary N) is 2. The van der Waals surface area contributed by atoms with Crippen LogP contribution in [-0.4, -0.2) is 29.3 Å². The fourth-order valence-corrected chi connectivity index (χ4v) is 3.00. The average molecular weight is 366 g/mol. The second kappa shape index (κ2) is 8.37. The van der Waals surface area contributed by atoms with Gasteiger partial charge in [-0.15, -0.1) is 0 Å². The Morgan fingerprint density at radius 1 is 1.15 bits per heavy atom. The van der Waals surface area contributed by atoms with Crippen molar-refractivity contribution >= 4 is 10.9 Å². The van der Waals surface area contributed by atoms with Gasteiger partial charge in [0.05, 0.1) is 0 Å². The zero-order valence-electron chi connectivity index (χ0n) is 16.0. The van der Waals surface area contributed by atoms with Crippen molar-refractivity contribution in [1.29, 1.82) is 0 Å². The van der Waals surface area contributed by atoms with Gasteiger partial charge in [-0.25, -0.2) is 0 Å². The van der Waals surface area contributed by atoms with Crippen molar-refractivity contribution in [1.82, 2.24) is 10.3 Å². The van der Waals surface area contributed by atoms with E-state index in [4.69, 9.17) is 4.74 Å². The first kappa shape index (κ1) is 19.1. The van der Waals surface area contributed by atoms with Crippen LogP contribution in [-0.2, 0) is 6.54 Å². The zero-order valence-corrected chi connectivity index (χ0v) is 16.0. The second-order valence-electron chi connectivity index (χ2n) is 7.01. The molecule has 1 aromatic heterocycles. The van der Waals surface area contributed by atoms with Crippen LogP contribution in [0.25, 0.3) is 10.9 Å². The van der Waals surface area contributed by atoms with E-state index in [-0.39, 0.29) is 12.2 Å². The molecule has 0 bridgehead atoms. The molecule has 1 atom stereocenters. The highest BCUT2D eigenvalue weighted by Crippen LogP contribution is 2.20. The first-order valence-electron chi connectivity index (χ1n) is 9.14. The molecule has 0 aliphatic heterocycles. The van der Waals surface area contributed by atoms with Gasteiger partial charge in [-0.05, 0) is 61.5 Å². The summed E-state index contributed by atoms with van der Waals surface area (Å²) >= 11 is 0. The molecule has 142 valence electrons. The fraction of sp³-hybridized carbons (Fsp3) is 0.318. The van der Waals surface area contributed by atoms with E-state index >= 15 is 0 Å². The lowest BCUT2D eigenvalue weighted by Crippen LogP contribution is -2.32. The molecular weight excluding hydrogens is 340 g/mol. The van der Waals surface area contributed by atoms with Crippen LogP contribution in [0, 0.1) is 20.8 Å². The van der Waals surface area contributed by atoms with Gasteiger partial charge in [0, 0.05) is 24.2 Å². The number of aromatic amines is 1. The number of benzene rings is 2. The summed E-state index contributed by atoms with van der Waals surface area (Å²) in [5, 5.41) is 14.3. The van der Waals surface area contributed by atoms with Crippen molar-refractivity contribution in [3.05, 3.63) is 75.1 Å². The first-order chi connectivity index (χ1) is 12.9. The molecule has 1 heterocycles. The van der Waals surface area contributed by atoms with E-state index in [0.717, 1.165) is 33.3 Å². The van der Waals surface area contributed by atoms with Crippen molar-refractivity contribution in [3.8, 4) is 5.75 Å². The van der Waals surface area contributed by atoms with E-state index in [1.807, 2.05) is 63.2 Å². The van der Waals surface area contributed by atoms with Gasteiger partial charge >= 0.3 is 0 Å². The van der Waals surface area contributed by atoms with Crippen molar-refractivity contribution < 1.29 is 9.84 Å². The molecule has 0 saturated heterocycles. The summed E-state index contributed by atoms with van der Waals surface area (Å²) in [5.41, 5.74) is 4.75.